The minimum atomic E-state index is -3.05. The van der Waals surface area contributed by atoms with Crippen molar-refractivity contribution in [3.63, 3.8) is 0 Å². The van der Waals surface area contributed by atoms with Gasteiger partial charge in [-0.2, -0.15) is 0 Å². The number of hydrogen-bond donors (Lipinski definition) is 2. The highest BCUT2D eigenvalue weighted by molar-refractivity contribution is 5.67. The monoisotopic (exact) mass is 331 g/mol. The lowest BCUT2D eigenvalue weighted by Crippen LogP contribution is -2.44. The third kappa shape index (κ3) is 6.56. The molecule has 0 saturated carbocycles. The molecule has 0 fully saturated rings. The SMILES string of the molecule is Cc1cc(CNCC(F)(F)CNC(=O)OC(C)(C)C)c(C)n1C. The smallest absolute Gasteiger partial charge is 0.407 e. The molecule has 0 radical (unpaired) electrons. The second-order valence-corrected chi connectivity index (χ2v) is 6.77. The van der Waals surface area contributed by atoms with E-state index >= 15 is 0 Å². The van der Waals surface area contributed by atoms with E-state index in [0.717, 1.165) is 17.0 Å². The largest absolute Gasteiger partial charge is 0.444 e. The Kier molecular flexibility index (Phi) is 6.16. The maximum Gasteiger partial charge on any atom is 0.407 e. The second-order valence-electron chi connectivity index (χ2n) is 6.77. The molecule has 1 heterocycles. The van der Waals surface area contributed by atoms with Gasteiger partial charge in [-0.05, 0) is 46.2 Å². The van der Waals surface area contributed by atoms with Crippen LogP contribution in [0.1, 0.15) is 37.7 Å². The van der Waals surface area contributed by atoms with Gasteiger partial charge in [0.1, 0.15) is 5.60 Å². The molecule has 0 aliphatic rings. The lowest BCUT2D eigenvalue weighted by molar-refractivity contribution is -0.00377. The van der Waals surface area contributed by atoms with E-state index in [1.165, 1.54) is 0 Å². The Morgan fingerprint density at radius 1 is 1.26 bits per heavy atom. The molecule has 7 heteroatoms. The van der Waals surface area contributed by atoms with E-state index < -0.39 is 30.7 Å². The van der Waals surface area contributed by atoms with Gasteiger partial charge in [-0.15, -0.1) is 0 Å². The summed E-state index contributed by atoms with van der Waals surface area (Å²) in [6, 6.07) is 1.97. The fourth-order valence-electron chi connectivity index (χ4n) is 2.07. The first-order chi connectivity index (χ1) is 10.4. The Balaban J connectivity index is 2.40. The summed E-state index contributed by atoms with van der Waals surface area (Å²) >= 11 is 0. The van der Waals surface area contributed by atoms with Gasteiger partial charge >= 0.3 is 6.09 Å². The molecule has 2 N–H and O–H groups in total. The molecular weight excluding hydrogens is 304 g/mol. The molecule has 0 bridgehead atoms. The highest BCUT2D eigenvalue weighted by Gasteiger charge is 2.30. The summed E-state index contributed by atoms with van der Waals surface area (Å²) in [5, 5.41) is 4.84. The first-order valence-electron chi connectivity index (χ1n) is 7.58. The molecule has 0 spiro atoms. The Hall–Kier alpha value is -1.63. The van der Waals surface area contributed by atoms with Crippen molar-refractivity contribution < 1.29 is 18.3 Å². The Morgan fingerprint density at radius 2 is 1.87 bits per heavy atom. The maximum atomic E-state index is 13.8. The number of carbonyl (C=O) groups excluding carboxylic acids is 1. The van der Waals surface area contributed by atoms with Crippen LogP contribution in [0, 0.1) is 13.8 Å². The van der Waals surface area contributed by atoms with Crippen molar-refractivity contribution in [3.8, 4) is 0 Å². The Bertz CT molecular complexity index is 548. The zero-order valence-corrected chi connectivity index (χ0v) is 14.7. The van der Waals surface area contributed by atoms with E-state index in [-0.39, 0.29) is 0 Å². The van der Waals surface area contributed by atoms with Gasteiger partial charge in [0.05, 0.1) is 13.1 Å². The van der Waals surface area contributed by atoms with E-state index in [4.69, 9.17) is 4.74 Å². The first kappa shape index (κ1) is 19.4. The molecule has 0 atom stereocenters. The third-order valence-electron chi connectivity index (χ3n) is 3.47. The molecule has 5 nitrogen and oxygen atoms in total. The number of amides is 1. The van der Waals surface area contributed by atoms with Crippen molar-refractivity contribution >= 4 is 6.09 Å². The highest BCUT2D eigenvalue weighted by Crippen LogP contribution is 2.15. The predicted octanol–water partition coefficient (Wildman–Crippen LogP) is 2.89. The van der Waals surface area contributed by atoms with Crippen LogP contribution < -0.4 is 10.6 Å². The van der Waals surface area contributed by atoms with E-state index in [1.54, 1.807) is 20.8 Å². The summed E-state index contributed by atoms with van der Waals surface area (Å²) in [6.07, 6.45) is -0.841. The molecule has 1 aromatic rings. The van der Waals surface area contributed by atoms with Gasteiger partial charge < -0.3 is 19.9 Å². The molecule has 1 aromatic heterocycles. The van der Waals surface area contributed by atoms with Crippen LogP contribution in [0.15, 0.2) is 6.07 Å². The topological polar surface area (TPSA) is 55.3 Å². The third-order valence-corrected chi connectivity index (χ3v) is 3.47. The quantitative estimate of drug-likeness (QED) is 0.843. The average molecular weight is 331 g/mol. The van der Waals surface area contributed by atoms with Crippen molar-refractivity contribution in [2.45, 2.75) is 52.7 Å². The zero-order chi connectivity index (χ0) is 17.8. The summed E-state index contributed by atoms with van der Waals surface area (Å²) in [5.74, 6) is -3.05. The van der Waals surface area contributed by atoms with Crippen LogP contribution >= 0.6 is 0 Å². The first-order valence-corrected chi connectivity index (χ1v) is 7.58. The number of ether oxygens (including phenoxy) is 1. The lowest BCUT2D eigenvalue weighted by atomic mass is 10.2. The van der Waals surface area contributed by atoms with Gasteiger partial charge in [-0.25, -0.2) is 13.6 Å². The number of nitrogens with one attached hydrogen (secondary N) is 2. The minimum Gasteiger partial charge on any atom is -0.444 e. The van der Waals surface area contributed by atoms with Gasteiger partial charge in [0.2, 0.25) is 0 Å². The molecule has 0 unspecified atom stereocenters. The number of halogens is 2. The van der Waals surface area contributed by atoms with E-state index in [9.17, 15) is 13.6 Å². The number of nitrogens with zero attached hydrogens (tertiary/aromatic N) is 1. The van der Waals surface area contributed by atoms with Gasteiger partial charge in [0.25, 0.3) is 5.92 Å². The lowest BCUT2D eigenvalue weighted by Gasteiger charge is -2.22. The molecule has 0 aromatic carbocycles. The predicted molar refractivity (Wildman–Crippen MR) is 85.8 cm³/mol. The number of alkyl halides is 2. The molecule has 23 heavy (non-hydrogen) atoms. The molecule has 132 valence electrons. The summed E-state index contributed by atoms with van der Waals surface area (Å²) < 4.78 is 34.5. The number of aromatic nitrogens is 1. The fraction of sp³-hybridized carbons (Fsp3) is 0.688. The maximum absolute atomic E-state index is 13.8. The molecule has 0 saturated heterocycles. The highest BCUT2D eigenvalue weighted by atomic mass is 19.3. The van der Waals surface area contributed by atoms with Crippen molar-refractivity contribution in [2.75, 3.05) is 13.1 Å². The van der Waals surface area contributed by atoms with Crippen LogP contribution in [0.3, 0.4) is 0 Å². The van der Waals surface area contributed by atoms with Gasteiger partial charge in [0.15, 0.2) is 0 Å². The zero-order valence-electron chi connectivity index (χ0n) is 14.7. The molecule has 0 aliphatic heterocycles. The van der Waals surface area contributed by atoms with Gasteiger partial charge in [-0.1, -0.05) is 0 Å². The standard InChI is InChI=1S/C16H27F2N3O2/c1-11-7-13(12(2)21(11)6)8-19-9-16(17,18)10-20-14(22)23-15(3,4)5/h7,19H,8-10H2,1-6H3,(H,20,22). The summed E-state index contributed by atoms with van der Waals surface area (Å²) in [4.78, 5) is 11.4. The van der Waals surface area contributed by atoms with Crippen LogP contribution in [0.25, 0.3) is 0 Å². The van der Waals surface area contributed by atoms with Crippen LogP contribution in [-0.4, -0.2) is 35.3 Å². The normalized spacial score (nSPS) is 12.3. The minimum absolute atomic E-state index is 0.357. The van der Waals surface area contributed by atoms with Crippen molar-refractivity contribution in [3.05, 3.63) is 23.0 Å². The van der Waals surface area contributed by atoms with Gasteiger partial charge in [0, 0.05) is 25.0 Å². The molecule has 0 aliphatic carbocycles. The van der Waals surface area contributed by atoms with Crippen molar-refractivity contribution in [1.29, 1.82) is 0 Å². The molecular formula is C16H27F2N3O2. The van der Waals surface area contributed by atoms with Crippen LogP contribution in [0.5, 0.6) is 0 Å². The number of aryl methyl sites for hydroxylation is 1. The van der Waals surface area contributed by atoms with Gasteiger partial charge in [-0.3, -0.25) is 0 Å². The fourth-order valence-corrected chi connectivity index (χ4v) is 2.07. The number of carbonyl (C=O) groups is 1. The molecule has 1 amide bonds. The van der Waals surface area contributed by atoms with E-state index in [1.807, 2.05) is 31.5 Å². The van der Waals surface area contributed by atoms with Crippen molar-refractivity contribution in [1.82, 2.24) is 15.2 Å². The Morgan fingerprint density at radius 3 is 2.35 bits per heavy atom. The number of rotatable bonds is 6. The second kappa shape index (κ2) is 7.29. The average Bonchev–Trinajstić information content (AvgIpc) is 2.62. The Labute approximate surface area is 136 Å². The van der Waals surface area contributed by atoms with Crippen LogP contribution in [0.4, 0.5) is 13.6 Å². The summed E-state index contributed by atoms with van der Waals surface area (Å²) in [5.41, 5.74) is 2.41. The summed E-state index contributed by atoms with van der Waals surface area (Å²) in [7, 11) is 1.94. The van der Waals surface area contributed by atoms with E-state index in [0.29, 0.717) is 6.54 Å². The molecule has 1 rings (SSSR count). The van der Waals surface area contributed by atoms with Crippen molar-refractivity contribution in [2.24, 2.45) is 7.05 Å². The van der Waals surface area contributed by atoms with E-state index in [2.05, 4.69) is 10.6 Å². The number of alkyl carbamates (subject to hydrolysis) is 1. The van der Waals surface area contributed by atoms with Crippen LogP contribution in [0.2, 0.25) is 0 Å². The number of hydrogen-bond acceptors (Lipinski definition) is 3. The summed E-state index contributed by atoms with van der Waals surface area (Å²) in [6.45, 7) is 8.03. The van der Waals surface area contributed by atoms with Crippen LogP contribution in [-0.2, 0) is 18.3 Å².